The molecule has 2 fully saturated rings. The van der Waals surface area contributed by atoms with Gasteiger partial charge in [0.15, 0.2) is 0 Å². The Morgan fingerprint density at radius 1 is 1.45 bits per heavy atom. The first-order valence-corrected chi connectivity index (χ1v) is 8.13. The van der Waals surface area contributed by atoms with E-state index < -0.39 is 0 Å². The van der Waals surface area contributed by atoms with E-state index in [4.69, 9.17) is 5.11 Å². The van der Waals surface area contributed by atoms with E-state index in [1.54, 1.807) is 0 Å². The van der Waals surface area contributed by atoms with Crippen molar-refractivity contribution < 1.29 is 9.90 Å². The Kier molecular flexibility index (Phi) is 4.09. The van der Waals surface area contributed by atoms with Gasteiger partial charge in [0, 0.05) is 17.8 Å². The van der Waals surface area contributed by atoms with E-state index in [1.807, 2.05) is 11.4 Å². The van der Waals surface area contributed by atoms with Crippen LogP contribution in [0.3, 0.4) is 0 Å². The third-order valence-electron chi connectivity index (χ3n) is 4.36. The fourth-order valence-corrected chi connectivity index (χ4v) is 4.15. The van der Waals surface area contributed by atoms with Crippen LogP contribution in [0.1, 0.15) is 47.3 Å². The van der Waals surface area contributed by atoms with Crippen molar-refractivity contribution in [1.29, 1.82) is 0 Å². The molecule has 2 aliphatic carbocycles. The van der Waals surface area contributed by atoms with Gasteiger partial charge in [-0.1, -0.05) is 18.3 Å². The maximum absolute atomic E-state index is 12.2. The predicted octanol–water partition coefficient (Wildman–Crippen LogP) is 2.40. The highest BCUT2D eigenvalue weighted by molar-refractivity contribution is 7.10. The number of carbonyl (C=O) groups is 1. The van der Waals surface area contributed by atoms with Crippen molar-refractivity contribution in [3.8, 4) is 11.8 Å². The number of fused-ring (bicyclic) bond motifs is 2. The zero-order valence-corrected chi connectivity index (χ0v) is 12.2. The van der Waals surface area contributed by atoms with Crippen LogP contribution in [0.5, 0.6) is 0 Å². The third kappa shape index (κ3) is 2.89. The normalized spacial score (nSPS) is 27.1. The largest absolute Gasteiger partial charge is 0.395 e. The number of rotatable bonds is 3. The van der Waals surface area contributed by atoms with Crippen LogP contribution in [0.2, 0.25) is 0 Å². The molecular formula is C16H19NO2S. The number of hydrogen-bond donors (Lipinski definition) is 2. The van der Waals surface area contributed by atoms with Crippen LogP contribution < -0.4 is 5.32 Å². The highest BCUT2D eigenvalue weighted by Gasteiger charge is 2.40. The Morgan fingerprint density at radius 3 is 3.05 bits per heavy atom. The first-order valence-electron chi connectivity index (χ1n) is 7.25. The Balaban J connectivity index is 1.59. The first-order chi connectivity index (χ1) is 9.76. The lowest BCUT2D eigenvalue weighted by Gasteiger charge is -2.22. The smallest absolute Gasteiger partial charge is 0.252 e. The molecule has 1 aromatic heterocycles. The highest BCUT2D eigenvalue weighted by atomic mass is 32.1. The zero-order chi connectivity index (χ0) is 13.9. The lowest BCUT2D eigenvalue weighted by Crippen LogP contribution is -2.38. The number of thiophene rings is 1. The molecule has 2 aliphatic rings. The van der Waals surface area contributed by atoms with Crippen LogP contribution in [-0.2, 0) is 0 Å². The summed E-state index contributed by atoms with van der Waals surface area (Å²) in [5.41, 5.74) is 0.714. The quantitative estimate of drug-likeness (QED) is 0.840. The van der Waals surface area contributed by atoms with Gasteiger partial charge in [-0.3, -0.25) is 4.79 Å². The summed E-state index contributed by atoms with van der Waals surface area (Å²) in [5, 5.41) is 13.7. The third-order valence-corrected chi connectivity index (χ3v) is 5.21. The summed E-state index contributed by atoms with van der Waals surface area (Å²) < 4.78 is 0. The summed E-state index contributed by atoms with van der Waals surface area (Å²) in [6.07, 6.45) is 5.55. The van der Waals surface area contributed by atoms with Crippen molar-refractivity contribution in [2.24, 2.45) is 11.8 Å². The number of nitrogens with one attached hydrogen (secondary N) is 1. The summed E-state index contributed by atoms with van der Waals surface area (Å²) in [6.45, 7) is 0.0793. The molecule has 3 rings (SSSR count). The number of hydrogen-bond acceptors (Lipinski definition) is 3. The number of carbonyl (C=O) groups excluding carboxylic acids is 1. The van der Waals surface area contributed by atoms with Crippen LogP contribution >= 0.6 is 11.3 Å². The molecule has 2 bridgehead atoms. The van der Waals surface area contributed by atoms with E-state index in [9.17, 15) is 4.79 Å². The molecule has 0 spiro atoms. The van der Waals surface area contributed by atoms with Gasteiger partial charge in [0.25, 0.3) is 5.91 Å². The summed E-state index contributed by atoms with van der Waals surface area (Å²) in [7, 11) is 0. The maximum atomic E-state index is 12.2. The van der Waals surface area contributed by atoms with E-state index >= 15 is 0 Å². The second-order valence-corrected chi connectivity index (χ2v) is 6.64. The molecule has 4 heteroatoms. The van der Waals surface area contributed by atoms with Crippen LogP contribution in [0.15, 0.2) is 11.4 Å². The monoisotopic (exact) mass is 289 g/mol. The van der Waals surface area contributed by atoms with Gasteiger partial charge < -0.3 is 10.4 Å². The second-order valence-electron chi connectivity index (χ2n) is 5.73. The van der Waals surface area contributed by atoms with E-state index in [-0.39, 0.29) is 12.5 Å². The van der Waals surface area contributed by atoms with Crippen LogP contribution in [0, 0.1) is 23.7 Å². The standard InChI is InChI=1S/C16H19NO2S/c18-6-2-1-3-14-9-13(10-20-14)16(19)17-15-8-11-4-5-12(15)7-11/h9-12,15,18H,2,4-8H2,(H,17,19). The van der Waals surface area contributed by atoms with E-state index in [2.05, 4.69) is 17.2 Å². The molecule has 1 heterocycles. The van der Waals surface area contributed by atoms with Crippen molar-refractivity contribution in [3.05, 3.63) is 21.9 Å². The molecule has 3 atom stereocenters. The van der Waals surface area contributed by atoms with Crippen molar-refractivity contribution in [3.63, 3.8) is 0 Å². The molecule has 3 unspecified atom stereocenters. The Bertz CT molecular complexity index is 554. The summed E-state index contributed by atoms with van der Waals surface area (Å²) in [6, 6.07) is 2.22. The van der Waals surface area contributed by atoms with Gasteiger partial charge in [0.2, 0.25) is 0 Å². The average molecular weight is 289 g/mol. The second kappa shape index (κ2) is 5.99. The average Bonchev–Trinajstić information content (AvgIpc) is 3.14. The minimum atomic E-state index is 0.0361. The molecule has 0 radical (unpaired) electrons. The van der Waals surface area contributed by atoms with Gasteiger partial charge in [-0.2, -0.15) is 0 Å². The summed E-state index contributed by atoms with van der Waals surface area (Å²) >= 11 is 1.49. The van der Waals surface area contributed by atoms with Gasteiger partial charge in [-0.15, -0.1) is 11.3 Å². The highest BCUT2D eigenvalue weighted by Crippen LogP contribution is 2.44. The summed E-state index contributed by atoms with van der Waals surface area (Å²) in [4.78, 5) is 13.1. The molecule has 0 aliphatic heterocycles. The molecule has 0 aromatic carbocycles. The van der Waals surface area contributed by atoms with E-state index in [0.717, 1.165) is 17.2 Å². The Hall–Kier alpha value is -1.31. The van der Waals surface area contributed by atoms with Gasteiger partial charge in [0.1, 0.15) is 0 Å². The SMILES string of the molecule is O=C(NC1CC2CCC1C2)c1csc(C#CCCO)c1. The van der Waals surface area contributed by atoms with Crippen molar-refractivity contribution in [2.75, 3.05) is 6.61 Å². The lowest BCUT2D eigenvalue weighted by atomic mass is 9.95. The first kappa shape index (κ1) is 13.7. The molecular weight excluding hydrogens is 270 g/mol. The van der Waals surface area contributed by atoms with E-state index in [1.165, 1.54) is 30.6 Å². The zero-order valence-electron chi connectivity index (χ0n) is 11.4. The van der Waals surface area contributed by atoms with Crippen LogP contribution in [-0.4, -0.2) is 23.7 Å². The predicted molar refractivity (Wildman–Crippen MR) is 79.6 cm³/mol. The molecule has 3 nitrogen and oxygen atoms in total. The van der Waals surface area contributed by atoms with Gasteiger partial charge in [-0.25, -0.2) is 0 Å². The van der Waals surface area contributed by atoms with E-state index in [0.29, 0.717) is 23.9 Å². The van der Waals surface area contributed by atoms with Crippen LogP contribution in [0.25, 0.3) is 0 Å². The fraction of sp³-hybridized carbons (Fsp3) is 0.562. The van der Waals surface area contributed by atoms with Gasteiger partial charge >= 0.3 is 0 Å². The Morgan fingerprint density at radius 2 is 2.35 bits per heavy atom. The summed E-state index contributed by atoms with van der Waals surface area (Å²) in [5.74, 6) is 7.42. The molecule has 1 aromatic rings. The number of aliphatic hydroxyl groups excluding tert-OH is 1. The fourth-order valence-electron chi connectivity index (χ4n) is 3.40. The van der Waals surface area contributed by atoms with Crippen molar-refractivity contribution in [2.45, 2.75) is 38.1 Å². The van der Waals surface area contributed by atoms with Crippen molar-refractivity contribution in [1.82, 2.24) is 5.32 Å². The molecule has 0 saturated heterocycles. The molecule has 1 amide bonds. The minimum absolute atomic E-state index is 0.0361. The van der Waals surface area contributed by atoms with Crippen molar-refractivity contribution >= 4 is 17.2 Å². The maximum Gasteiger partial charge on any atom is 0.252 e. The minimum Gasteiger partial charge on any atom is -0.395 e. The van der Waals surface area contributed by atoms with Crippen LogP contribution in [0.4, 0.5) is 0 Å². The Labute approximate surface area is 123 Å². The topological polar surface area (TPSA) is 49.3 Å². The molecule has 2 N–H and O–H groups in total. The number of aliphatic hydroxyl groups is 1. The molecule has 2 saturated carbocycles. The lowest BCUT2D eigenvalue weighted by molar-refractivity contribution is 0.0923. The molecule has 106 valence electrons. The molecule has 20 heavy (non-hydrogen) atoms. The number of amides is 1. The van der Waals surface area contributed by atoms with Gasteiger partial charge in [0.05, 0.1) is 17.0 Å². The van der Waals surface area contributed by atoms with Gasteiger partial charge in [-0.05, 0) is 37.2 Å².